The lowest BCUT2D eigenvalue weighted by Crippen LogP contribution is -2.36. The molecule has 0 spiro atoms. The highest BCUT2D eigenvalue weighted by atomic mass is 19.4. The van der Waals surface area contributed by atoms with E-state index in [-0.39, 0.29) is 6.42 Å². The van der Waals surface area contributed by atoms with Crippen molar-refractivity contribution in [1.82, 2.24) is 0 Å². The number of hydrogen-bond donors (Lipinski definition) is 1. The van der Waals surface area contributed by atoms with E-state index < -0.39 is 23.1 Å². The van der Waals surface area contributed by atoms with Crippen LogP contribution in [0.2, 0.25) is 0 Å². The molecule has 0 aliphatic heterocycles. The Morgan fingerprint density at radius 3 is 2.05 bits per heavy atom. The minimum atomic E-state index is -4.36. The Bertz CT molecular complexity index is 615. The Labute approximate surface area is 120 Å². The number of halogens is 4. The normalized spacial score (nSPS) is 14.8. The summed E-state index contributed by atoms with van der Waals surface area (Å²) in [4.78, 5) is 0. The van der Waals surface area contributed by atoms with Gasteiger partial charge >= 0.3 is 6.18 Å². The Hall–Kier alpha value is -1.88. The fourth-order valence-electron chi connectivity index (χ4n) is 2.26. The first-order valence-electron chi connectivity index (χ1n) is 6.40. The molecule has 0 aliphatic rings. The Balaban J connectivity index is 2.23. The number of rotatable bonds is 3. The summed E-state index contributed by atoms with van der Waals surface area (Å²) in [7, 11) is 0. The van der Waals surface area contributed by atoms with Gasteiger partial charge < -0.3 is 5.73 Å². The highest BCUT2D eigenvalue weighted by Crippen LogP contribution is 2.30. The zero-order valence-corrected chi connectivity index (χ0v) is 11.4. The first-order valence-corrected chi connectivity index (χ1v) is 6.40. The van der Waals surface area contributed by atoms with Crippen molar-refractivity contribution in [3.8, 4) is 0 Å². The lowest BCUT2D eigenvalue weighted by Gasteiger charge is -2.26. The quantitative estimate of drug-likeness (QED) is 0.842. The van der Waals surface area contributed by atoms with Gasteiger partial charge in [0.1, 0.15) is 5.82 Å². The van der Waals surface area contributed by atoms with Crippen LogP contribution in [0, 0.1) is 5.82 Å². The molecule has 0 aromatic heterocycles. The van der Waals surface area contributed by atoms with E-state index in [1.165, 1.54) is 18.2 Å². The summed E-state index contributed by atoms with van der Waals surface area (Å²) in [5, 5.41) is 0. The maximum absolute atomic E-state index is 13.8. The van der Waals surface area contributed by atoms with E-state index in [0.717, 1.165) is 12.1 Å². The average molecular weight is 297 g/mol. The Kier molecular flexibility index (Phi) is 4.05. The lowest BCUT2D eigenvalue weighted by molar-refractivity contribution is -0.137. The van der Waals surface area contributed by atoms with E-state index in [2.05, 4.69) is 0 Å². The summed E-state index contributed by atoms with van der Waals surface area (Å²) in [6.07, 6.45) is -4.12. The van der Waals surface area contributed by atoms with E-state index in [4.69, 9.17) is 5.73 Å². The number of hydrogen-bond acceptors (Lipinski definition) is 1. The topological polar surface area (TPSA) is 26.0 Å². The number of benzene rings is 2. The van der Waals surface area contributed by atoms with Gasteiger partial charge in [-0.2, -0.15) is 13.2 Å². The second-order valence-electron chi connectivity index (χ2n) is 5.27. The standard InChI is InChI=1S/C16H15F4N/c1-15(21,13-4-2-3-5-14(13)17)10-11-6-8-12(9-7-11)16(18,19)20/h2-9H,10,21H2,1H3. The van der Waals surface area contributed by atoms with Gasteiger partial charge in [0, 0.05) is 11.1 Å². The molecule has 0 saturated carbocycles. The fraction of sp³-hybridized carbons (Fsp3) is 0.250. The summed E-state index contributed by atoms with van der Waals surface area (Å²) in [5.74, 6) is -0.422. The van der Waals surface area contributed by atoms with Crippen LogP contribution < -0.4 is 5.73 Å². The molecule has 1 unspecified atom stereocenters. The lowest BCUT2D eigenvalue weighted by atomic mass is 9.86. The molecule has 2 rings (SSSR count). The molecule has 2 aromatic rings. The van der Waals surface area contributed by atoms with Gasteiger partial charge in [0.2, 0.25) is 0 Å². The number of nitrogens with two attached hydrogens (primary N) is 1. The molecule has 21 heavy (non-hydrogen) atoms. The van der Waals surface area contributed by atoms with E-state index in [0.29, 0.717) is 11.1 Å². The second-order valence-corrected chi connectivity index (χ2v) is 5.27. The van der Waals surface area contributed by atoms with Gasteiger partial charge in [0.05, 0.1) is 5.56 Å². The van der Waals surface area contributed by atoms with Gasteiger partial charge in [-0.15, -0.1) is 0 Å². The molecule has 0 amide bonds. The van der Waals surface area contributed by atoms with E-state index in [9.17, 15) is 17.6 Å². The van der Waals surface area contributed by atoms with Crippen LogP contribution in [0.5, 0.6) is 0 Å². The molecule has 0 fully saturated rings. The van der Waals surface area contributed by atoms with Crippen LogP contribution in [-0.2, 0) is 18.1 Å². The number of alkyl halides is 3. The minimum absolute atomic E-state index is 0.242. The molecule has 2 N–H and O–H groups in total. The molecule has 0 heterocycles. The van der Waals surface area contributed by atoms with Gasteiger partial charge in [0.15, 0.2) is 0 Å². The van der Waals surface area contributed by atoms with Crippen molar-refractivity contribution in [1.29, 1.82) is 0 Å². The molecule has 0 aliphatic carbocycles. The minimum Gasteiger partial charge on any atom is -0.321 e. The third kappa shape index (κ3) is 3.61. The van der Waals surface area contributed by atoms with Crippen molar-refractivity contribution in [2.24, 2.45) is 5.73 Å². The summed E-state index contributed by atoms with van der Waals surface area (Å²) in [6, 6.07) is 10.9. The van der Waals surface area contributed by atoms with Gasteiger partial charge in [-0.3, -0.25) is 0 Å². The first kappa shape index (κ1) is 15.5. The van der Waals surface area contributed by atoms with Crippen LogP contribution >= 0.6 is 0 Å². The molecule has 112 valence electrons. The van der Waals surface area contributed by atoms with Gasteiger partial charge in [-0.05, 0) is 37.1 Å². The van der Waals surface area contributed by atoms with Crippen LogP contribution in [0.4, 0.5) is 17.6 Å². The summed E-state index contributed by atoms with van der Waals surface area (Å²) in [6.45, 7) is 1.66. The molecular weight excluding hydrogens is 282 g/mol. The smallest absolute Gasteiger partial charge is 0.321 e. The van der Waals surface area contributed by atoms with Gasteiger partial charge in [0.25, 0.3) is 0 Å². The largest absolute Gasteiger partial charge is 0.416 e. The molecule has 0 radical (unpaired) electrons. The molecule has 0 saturated heterocycles. The monoisotopic (exact) mass is 297 g/mol. The van der Waals surface area contributed by atoms with Crippen LogP contribution in [0.15, 0.2) is 48.5 Å². The van der Waals surface area contributed by atoms with Crippen molar-refractivity contribution in [2.45, 2.75) is 25.1 Å². The molecule has 2 aromatic carbocycles. The van der Waals surface area contributed by atoms with E-state index in [1.807, 2.05) is 0 Å². The SMILES string of the molecule is CC(N)(Cc1ccc(C(F)(F)F)cc1)c1ccccc1F. The summed E-state index contributed by atoms with van der Waals surface area (Å²) < 4.78 is 51.3. The fourth-order valence-corrected chi connectivity index (χ4v) is 2.26. The highest BCUT2D eigenvalue weighted by molar-refractivity contribution is 5.31. The average Bonchev–Trinajstić information content (AvgIpc) is 2.38. The van der Waals surface area contributed by atoms with Crippen molar-refractivity contribution in [3.63, 3.8) is 0 Å². The predicted octanol–water partition coefficient (Wildman–Crippen LogP) is 4.26. The van der Waals surface area contributed by atoms with Crippen LogP contribution in [-0.4, -0.2) is 0 Å². The zero-order valence-electron chi connectivity index (χ0n) is 11.4. The van der Waals surface area contributed by atoms with E-state index >= 15 is 0 Å². The Morgan fingerprint density at radius 2 is 1.52 bits per heavy atom. The van der Waals surface area contributed by atoms with Gasteiger partial charge in [-0.1, -0.05) is 30.3 Å². The zero-order chi connectivity index (χ0) is 15.7. The predicted molar refractivity (Wildman–Crippen MR) is 73.1 cm³/mol. The van der Waals surface area contributed by atoms with Crippen LogP contribution in [0.3, 0.4) is 0 Å². The summed E-state index contributed by atoms with van der Waals surface area (Å²) >= 11 is 0. The van der Waals surface area contributed by atoms with Crippen molar-refractivity contribution in [3.05, 3.63) is 71.0 Å². The molecule has 5 heteroatoms. The van der Waals surface area contributed by atoms with Crippen molar-refractivity contribution >= 4 is 0 Å². The van der Waals surface area contributed by atoms with Gasteiger partial charge in [-0.25, -0.2) is 4.39 Å². The second kappa shape index (κ2) is 5.48. The third-order valence-electron chi connectivity index (χ3n) is 3.34. The van der Waals surface area contributed by atoms with Crippen molar-refractivity contribution < 1.29 is 17.6 Å². The first-order chi connectivity index (χ1) is 9.70. The van der Waals surface area contributed by atoms with Crippen LogP contribution in [0.1, 0.15) is 23.6 Å². The maximum atomic E-state index is 13.8. The Morgan fingerprint density at radius 1 is 0.952 bits per heavy atom. The molecule has 1 nitrogen and oxygen atoms in total. The molecular formula is C16H15F4N. The van der Waals surface area contributed by atoms with Crippen molar-refractivity contribution in [2.75, 3.05) is 0 Å². The van der Waals surface area contributed by atoms with Crippen LogP contribution in [0.25, 0.3) is 0 Å². The third-order valence-corrected chi connectivity index (χ3v) is 3.34. The summed E-state index contributed by atoms with van der Waals surface area (Å²) in [5.41, 5.74) is 5.38. The van der Waals surface area contributed by atoms with E-state index in [1.54, 1.807) is 25.1 Å². The highest BCUT2D eigenvalue weighted by Gasteiger charge is 2.30. The molecule has 1 atom stereocenters. The maximum Gasteiger partial charge on any atom is 0.416 e. The molecule has 0 bridgehead atoms.